The number of hydrogen-bond donors (Lipinski definition) is 3. The number of ether oxygens (including phenoxy) is 1. The molecule has 6 nitrogen and oxygen atoms in total. The lowest BCUT2D eigenvalue weighted by atomic mass is 9.93. The molecular weight excluding hydrogens is 425 g/mol. The molecule has 0 spiro atoms. The summed E-state index contributed by atoms with van der Waals surface area (Å²) in [7, 11) is 0. The van der Waals surface area contributed by atoms with Gasteiger partial charge in [-0.3, -0.25) is 9.59 Å². The number of carbonyl (C=O) groups is 2. The van der Waals surface area contributed by atoms with Crippen molar-refractivity contribution in [3.63, 3.8) is 0 Å². The SMILES string of the molecule is O=C(/C=C1\CCCOc2cc(C(F)(F)F)ccc21)Nc1ccc2c(c1)NC(=O)C(CO)C2. The van der Waals surface area contributed by atoms with E-state index in [2.05, 4.69) is 10.6 Å². The minimum atomic E-state index is -4.48. The van der Waals surface area contributed by atoms with Crippen LogP contribution in [0.15, 0.2) is 42.5 Å². The number of benzene rings is 2. The van der Waals surface area contributed by atoms with Crippen LogP contribution in [-0.4, -0.2) is 30.1 Å². The molecule has 2 aliphatic rings. The second kappa shape index (κ2) is 8.66. The summed E-state index contributed by atoms with van der Waals surface area (Å²) in [6.45, 7) is 0.0135. The molecule has 32 heavy (non-hydrogen) atoms. The number of rotatable bonds is 3. The normalized spacial score (nSPS) is 19.3. The number of nitrogens with one attached hydrogen (secondary N) is 2. The lowest BCUT2D eigenvalue weighted by molar-refractivity contribution is -0.137. The van der Waals surface area contributed by atoms with Gasteiger partial charge in [0.15, 0.2) is 0 Å². The Hall–Kier alpha value is -3.33. The molecule has 2 aromatic carbocycles. The summed E-state index contributed by atoms with van der Waals surface area (Å²) in [6, 6.07) is 8.36. The third kappa shape index (κ3) is 4.62. The van der Waals surface area contributed by atoms with Crippen molar-refractivity contribution >= 4 is 28.8 Å². The smallest absolute Gasteiger partial charge is 0.416 e. The van der Waals surface area contributed by atoms with Crippen LogP contribution in [0.4, 0.5) is 24.5 Å². The first-order valence-electron chi connectivity index (χ1n) is 10.1. The highest BCUT2D eigenvalue weighted by Gasteiger charge is 2.32. The summed E-state index contributed by atoms with van der Waals surface area (Å²) in [6.07, 6.45) is -1.67. The maximum absolute atomic E-state index is 13.0. The van der Waals surface area contributed by atoms with Crippen LogP contribution in [0.1, 0.15) is 29.5 Å². The summed E-state index contributed by atoms with van der Waals surface area (Å²) < 4.78 is 44.5. The molecule has 1 atom stereocenters. The van der Waals surface area contributed by atoms with Gasteiger partial charge in [-0.2, -0.15) is 13.2 Å². The standard InChI is InChI=1S/C23H21F3N2O4/c24-23(25,26)16-4-6-18-13(2-1-7-32-20(18)10-16)9-21(30)27-17-5-3-14-8-15(12-29)22(31)28-19(14)11-17/h3-6,9-11,15,29H,1-2,7-8,12H2,(H,27,30)(H,28,31)/b13-9+. The second-order valence-electron chi connectivity index (χ2n) is 7.76. The van der Waals surface area contributed by atoms with Crippen LogP contribution in [0, 0.1) is 5.92 Å². The summed E-state index contributed by atoms with van der Waals surface area (Å²) >= 11 is 0. The third-order valence-corrected chi connectivity index (χ3v) is 5.50. The number of halogens is 3. The Labute approximate surface area is 182 Å². The predicted molar refractivity (Wildman–Crippen MR) is 112 cm³/mol. The maximum Gasteiger partial charge on any atom is 0.416 e. The van der Waals surface area contributed by atoms with Gasteiger partial charge in [0.2, 0.25) is 11.8 Å². The van der Waals surface area contributed by atoms with Gasteiger partial charge >= 0.3 is 6.18 Å². The number of anilines is 2. The fourth-order valence-corrected chi connectivity index (χ4v) is 3.84. The molecule has 2 aromatic rings. The van der Waals surface area contributed by atoms with Crippen molar-refractivity contribution in [1.82, 2.24) is 0 Å². The van der Waals surface area contributed by atoms with Gasteiger partial charge in [-0.05, 0) is 54.7 Å². The molecule has 0 saturated heterocycles. The van der Waals surface area contributed by atoms with E-state index >= 15 is 0 Å². The van der Waals surface area contributed by atoms with E-state index in [1.807, 2.05) is 0 Å². The molecule has 0 aromatic heterocycles. The van der Waals surface area contributed by atoms with Gasteiger partial charge in [0.1, 0.15) is 5.75 Å². The van der Waals surface area contributed by atoms with Gasteiger partial charge in [0.05, 0.1) is 24.7 Å². The van der Waals surface area contributed by atoms with Gasteiger partial charge in [-0.25, -0.2) is 0 Å². The van der Waals surface area contributed by atoms with Crippen molar-refractivity contribution in [2.24, 2.45) is 5.92 Å². The average molecular weight is 446 g/mol. The van der Waals surface area contributed by atoms with Gasteiger partial charge in [-0.15, -0.1) is 0 Å². The molecule has 0 saturated carbocycles. The van der Waals surface area contributed by atoms with Gasteiger partial charge in [0.25, 0.3) is 0 Å². The number of carbonyl (C=O) groups excluding carboxylic acids is 2. The Morgan fingerprint density at radius 2 is 2.06 bits per heavy atom. The first-order valence-corrected chi connectivity index (χ1v) is 10.1. The number of alkyl halides is 3. The van der Waals surface area contributed by atoms with Gasteiger partial charge < -0.3 is 20.5 Å². The quantitative estimate of drug-likeness (QED) is 0.622. The molecular formula is C23H21F3N2O4. The molecule has 0 bridgehead atoms. The molecule has 0 radical (unpaired) electrons. The van der Waals surface area contributed by atoms with E-state index in [1.54, 1.807) is 18.2 Å². The molecule has 0 fully saturated rings. The van der Waals surface area contributed by atoms with E-state index in [0.717, 1.165) is 17.7 Å². The first kappa shape index (κ1) is 21.9. The number of fused-ring (bicyclic) bond motifs is 2. The zero-order valence-corrected chi connectivity index (χ0v) is 17.0. The summed E-state index contributed by atoms with van der Waals surface area (Å²) in [4.78, 5) is 24.6. The van der Waals surface area contributed by atoms with E-state index < -0.39 is 23.6 Å². The van der Waals surface area contributed by atoms with E-state index in [4.69, 9.17) is 4.74 Å². The number of amides is 2. The summed E-state index contributed by atoms with van der Waals surface area (Å²) in [5, 5.41) is 14.7. The van der Waals surface area contributed by atoms with Crippen molar-refractivity contribution in [2.75, 3.05) is 23.8 Å². The lowest BCUT2D eigenvalue weighted by Crippen LogP contribution is -2.32. The molecule has 2 amide bonds. The Balaban J connectivity index is 1.55. The number of aliphatic hydroxyl groups excluding tert-OH is 1. The average Bonchev–Trinajstić information content (AvgIpc) is 2.94. The largest absolute Gasteiger partial charge is 0.493 e. The number of hydrogen-bond acceptors (Lipinski definition) is 4. The minimum Gasteiger partial charge on any atom is -0.493 e. The molecule has 3 N–H and O–H groups in total. The van der Waals surface area contributed by atoms with E-state index in [9.17, 15) is 27.9 Å². The topological polar surface area (TPSA) is 87.7 Å². The zero-order valence-electron chi connectivity index (χ0n) is 17.0. The Morgan fingerprint density at radius 3 is 2.81 bits per heavy atom. The van der Waals surface area contributed by atoms with Crippen molar-refractivity contribution < 1.29 is 32.6 Å². The molecule has 4 rings (SSSR count). The van der Waals surface area contributed by atoms with Crippen LogP contribution in [0.25, 0.3) is 5.57 Å². The summed E-state index contributed by atoms with van der Waals surface area (Å²) in [5.41, 5.74) is 2.12. The number of aliphatic hydroxyl groups is 1. The van der Waals surface area contributed by atoms with Crippen LogP contribution in [0.5, 0.6) is 5.75 Å². The molecule has 1 unspecified atom stereocenters. The third-order valence-electron chi connectivity index (χ3n) is 5.50. The second-order valence-corrected chi connectivity index (χ2v) is 7.76. The van der Waals surface area contributed by atoms with Crippen molar-refractivity contribution in [3.05, 3.63) is 59.2 Å². The van der Waals surface area contributed by atoms with Crippen LogP contribution in [0.2, 0.25) is 0 Å². The fourth-order valence-electron chi connectivity index (χ4n) is 3.84. The molecule has 9 heteroatoms. The van der Waals surface area contributed by atoms with E-state index in [1.165, 1.54) is 12.1 Å². The molecule has 2 aliphatic heterocycles. The highest BCUT2D eigenvalue weighted by atomic mass is 19.4. The Kier molecular flexibility index (Phi) is 5.92. The van der Waals surface area contributed by atoms with Crippen molar-refractivity contribution in [1.29, 1.82) is 0 Å². The predicted octanol–water partition coefficient (Wildman–Crippen LogP) is 4.00. The van der Waals surface area contributed by atoms with Crippen LogP contribution < -0.4 is 15.4 Å². The van der Waals surface area contributed by atoms with Crippen molar-refractivity contribution in [2.45, 2.75) is 25.4 Å². The Bertz CT molecular complexity index is 1100. The molecule has 0 aliphatic carbocycles. The van der Waals surface area contributed by atoms with Gasteiger partial charge in [0, 0.05) is 23.0 Å². The fraction of sp³-hybridized carbons (Fsp3) is 0.304. The van der Waals surface area contributed by atoms with Crippen LogP contribution in [-0.2, 0) is 22.2 Å². The molecule has 168 valence electrons. The monoisotopic (exact) mass is 446 g/mol. The summed E-state index contributed by atoms with van der Waals surface area (Å²) in [5.74, 6) is -1.11. The van der Waals surface area contributed by atoms with Crippen LogP contribution >= 0.6 is 0 Å². The highest BCUT2D eigenvalue weighted by molar-refractivity contribution is 6.05. The van der Waals surface area contributed by atoms with E-state index in [0.29, 0.717) is 41.8 Å². The number of allylic oxidation sites excluding steroid dienone is 1. The maximum atomic E-state index is 13.0. The minimum absolute atomic E-state index is 0.103. The zero-order chi connectivity index (χ0) is 22.9. The Morgan fingerprint density at radius 1 is 1.25 bits per heavy atom. The highest BCUT2D eigenvalue weighted by Crippen LogP contribution is 2.38. The van der Waals surface area contributed by atoms with E-state index in [-0.39, 0.29) is 24.9 Å². The van der Waals surface area contributed by atoms with Crippen LogP contribution in [0.3, 0.4) is 0 Å². The first-order chi connectivity index (χ1) is 15.2. The van der Waals surface area contributed by atoms with Crippen molar-refractivity contribution in [3.8, 4) is 5.75 Å². The molecule has 2 heterocycles. The van der Waals surface area contributed by atoms with Gasteiger partial charge in [-0.1, -0.05) is 12.1 Å². The lowest BCUT2D eigenvalue weighted by Gasteiger charge is -2.23.